The van der Waals surface area contributed by atoms with Crippen molar-refractivity contribution < 1.29 is 14.0 Å². The van der Waals surface area contributed by atoms with E-state index in [9.17, 15) is 14.0 Å². The van der Waals surface area contributed by atoms with Gasteiger partial charge in [0.15, 0.2) is 0 Å². The van der Waals surface area contributed by atoms with Gasteiger partial charge in [0.2, 0.25) is 11.8 Å². The number of nitrogens with one attached hydrogen (secondary N) is 1. The average molecular weight is 399 g/mol. The van der Waals surface area contributed by atoms with Crippen molar-refractivity contribution in [3.8, 4) is 0 Å². The molecule has 3 rings (SSSR count). The molecule has 2 aromatic heterocycles. The summed E-state index contributed by atoms with van der Waals surface area (Å²) in [7, 11) is 0. The molecule has 1 N–H and O–H groups in total. The Balaban J connectivity index is 1.80. The van der Waals surface area contributed by atoms with Gasteiger partial charge in [0.05, 0.1) is 17.1 Å². The number of hydrogen-bond acceptors (Lipinski definition) is 4. The van der Waals surface area contributed by atoms with E-state index in [4.69, 9.17) is 11.6 Å². The monoisotopic (exact) mass is 398 g/mol. The predicted molar refractivity (Wildman–Crippen MR) is 105 cm³/mol. The SMILES string of the molecule is CC(=O)N(c1ccncc1)c1cc(NC(=O)Cc2cccc(F)c2Cl)ccn1. The highest BCUT2D eigenvalue weighted by Gasteiger charge is 2.16. The van der Waals surface area contributed by atoms with Crippen molar-refractivity contribution in [1.82, 2.24) is 9.97 Å². The average Bonchev–Trinajstić information content (AvgIpc) is 2.66. The molecule has 2 amide bonds. The fraction of sp³-hybridized carbons (Fsp3) is 0.100. The van der Waals surface area contributed by atoms with Crippen LogP contribution in [0.4, 0.5) is 21.6 Å². The van der Waals surface area contributed by atoms with Crippen LogP contribution in [0, 0.1) is 5.82 Å². The second-order valence-corrected chi connectivity index (χ2v) is 6.28. The summed E-state index contributed by atoms with van der Waals surface area (Å²) in [6.07, 6.45) is 4.53. The molecule has 8 heteroatoms. The van der Waals surface area contributed by atoms with Gasteiger partial charge in [-0.1, -0.05) is 23.7 Å². The maximum absolute atomic E-state index is 13.5. The van der Waals surface area contributed by atoms with Gasteiger partial charge in [-0.05, 0) is 29.8 Å². The standard InChI is InChI=1S/C20H16ClFN4O2/c1-13(27)26(16-6-8-23-9-7-16)18-12-15(5-10-24-18)25-19(28)11-14-3-2-4-17(22)20(14)21/h2-10,12H,11H2,1H3,(H,24,25,28). The van der Waals surface area contributed by atoms with Crippen LogP contribution in [0.2, 0.25) is 5.02 Å². The molecule has 0 aliphatic heterocycles. The Morgan fingerprint density at radius 2 is 1.89 bits per heavy atom. The fourth-order valence-electron chi connectivity index (χ4n) is 2.65. The molecule has 2 heterocycles. The van der Waals surface area contributed by atoms with Crippen LogP contribution in [0.5, 0.6) is 0 Å². The summed E-state index contributed by atoms with van der Waals surface area (Å²) in [6.45, 7) is 1.42. The zero-order valence-corrected chi connectivity index (χ0v) is 15.7. The molecule has 0 spiro atoms. The molecular weight excluding hydrogens is 383 g/mol. The lowest BCUT2D eigenvalue weighted by molar-refractivity contribution is -0.116. The maximum Gasteiger partial charge on any atom is 0.229 e. The smallest absolute Gasteiger partial charge is 0.229 e. The van der Waals surface area contributed by atoms with Crippen molar-refractivity contribution in [3.63, 3.8) is 0 Å². The van der Waals surface area contributed by atoms with Gasteiger partial charge >= 0.3 is 0 Å². The van der Waals surface area contributed by atoms with E-state index in [1.165, 1.54) is 30.2 Å². The third kappa shape index (κ3) is 4.50. The van der Waals surface area contributed by atoms with Gasteiger partial charge in [0, 0.05) is 37.3 Å². The zero-order valence-electron chi connectivity index (χ0n) is 14.9. The van der Waals surface area contributed by atoms with Crippen LogP contribution in [0.15, 0.2) is 61.1 Å². The third-order valence-corrected chi connectivity index (χ3v) is 4.30. The van der Waals surface area contributed by atoms with E-state index in [0.717, 1.165) is 0 Å². The predicted octanol–water partition coefficient (Wildman–Crippen LogP) is 4.13. The second-order valence-electron chi connectivity index (χ2n) is 5.90. The Kier molecular flexibility index (Phi) is 5.96. The lowest BCUT2D eigenvalue weighted by atomic mass is 10.1. The summed E-state index contributed by atoms with van der Waals surface area (Å²) in [4.78, 5) is 34.0. The van der Waals surface area contributed by atoms with Gasteiger partial charge in [-0.3, -0.25) is 19.5 Å². The van der Waals surface area contributed by atoms with Crippen LogP contribution in [0.3, 0.4) is 0 Å². The Morgan fingerprint density at radius 3 is 2.61 bits per heavy atom. The normalized spacial score (nSPS) is 10.4. The Morgan fingerprint density at radius 1 is 1.14 bits per heavy atom. The topological polar surface area (TPSA) is 75.2 Å². The fourth-order valence-corrected chi connectivity index (χ4v) is 2.84. The highest BCUT2D eigenvalue weighted by atomic mass is 35.5. The molecule has 0 saturated heterocycles. The van der Waals surface area contributed by atoms with Gasteiger partial charge in [0.1, 0.15) is 11.6 Å². The largest absolute Gasteiger partial charge is 0.326 e. The van der Waals surface area contributed by atoms with Gasteiger partial charge in [-0.25, -0.2) is 9.37 Å². The van der Waals surface area contributed by atoms with Gasteiger partial charge in [-0.2, -0.15) is 0 Å². The van der Waals surface area contributed by atoms with Crippen molar-refractivity contribution in [3.05, 3.63) is 77.5 Å². The number of nitrogens with zero attached hydrogens (tertiary/aromatic N) is 3. The Hall–Kier alpha value is -3.32. The molecule has 0 saturated carbocycles. The first-order valence-electron chi connectivity index (χ1n) is 8.35. The summed E-state index contributed by atoms with van der Waals surface area (Å²) < 4.78 is 13.5. The molecule has 28 heavy (non-hydrogen) atoms. The minimum atomic E-state index is -0.576. The van der Waals surface area contributed by atoms with Gasteiger partial charge in [0.25, 0.3) is 0 Å². The molecule has 3 aromatic rings. The molecule has 6 nitrogen and oxygen atoms in total. The van der Waals surface area contributed by atoms with Crippen molar-refractivity contribution in [1.29, 1.82) is 0 Å². The van der Waals surface area contributed by atoms with Crippen LogP contribution in [-0.4, -0.2) is 21.8 Å². The molecule has 0 fully saturated rings. The number of pyridine rings is 2. The lowest BCUT2D eigenvalue weighted by Crippen LogP contribution is -2.24. The van der Waals surface area contributed by atoms with E-state index >= 15 is 0 Å². The number of aromatic nitrogens is 2. The first-order chi connectivity index (χ1) is 13.5. The number of rotatable bonds is 5. The van der Waals surface area contributed by atoms with Crippen molar-refractivity contribution >= 4 is 40.6 Å². The van der Waals surface area contributed by atoms with Crippen LogP contribution in [0.1, 0.15) is 12.5 Å². The van der Waals surface area contributed by atoms with E-state index in [1.54, 1.807) is 42.7 Å². The summed E-state index contributed by atoms with van der Waals surface area (Å²) in [5, 5.41) is 2.64. The van der Waals surface area contributed by atoms with E-state index in [1.807, 2.05) is 0 Å². The molecule has 0 radical (unpaired) electrons. The molecule has 0 aliphatic carbocycles. The van der Waals surface area contributed by atoms with E-state index < -0.39 is 5.82 Å². The first-order valence-corrected chi connectivity index (χ1v) is 8.73. The minimum absolute atomic E-state index is 0.0755. The maximum atomic E-state index is 13.5. The van der Waals surface area contributed by atoms with Crippen molar-refractivity contribution in [2.45, 2.75) is 13.3 Å². The molecule has 0 bridgehead atoms. The van der Waals surface area contributed by atoms with E-state index in [2.05, 4.69) is 15.3 Å². The summed E-state index contributed by atoms with van der Waals surface area (Å²) in [6, 6.07) is 10.8. The van der Waals surface area contributed by atoms with Crippen molar-refractivity contribution in [2.24, 2.45) is 0 Å². The highest BCUT2D eigenvalue weighted by molar-refractivity contribution is 6.31. The first kappa shape index (κ1) is 19.4. The van der Waals surface area contributed by atoms with Crippen LogP contribution >= 0.6 is 11.6 Å². The lowest BCUT2D eigenvalue weighted by Gasteiger charge is -2.20. The number of amides is 2. The number of carbonyl (C=O) groups is 2. The summed E-state index contributed by atoms with van der Waals surface area (Å²) in [5.41, 5.74) is 1.43. The molecule has 0 atom stereocenters. The van der Waals surface area contributed by atoms with E-state index in [-0.39, 0.29) is 23.3 Å². The number of anilines is 3. The quantitative estimate of drug-likeness (QED) is 0.701. The molecular formula is C20H16ClFN4O2. The third-order valence-electron chi connectivity index (χ3n) is 3.88. The number of benzene rings is 1. The number of halogens is 2. The molecule has 0 aliphatic rings. The van der Waals surface area contributed by atoms with E-state index in [0.29, 0.717) is 22.8 Å². The second kappa shape index (κ2) is 8.58. The number of carbonyl (C=O) groups excluding carboxylic acids is 2. The molecule has 1 aromatic carbocycles. The van der Waals surface area contributed by atoms with Gasteiger partial charge < -0.3 is 5.32 Å². The summed E-state index contributed by atoms with van der Waals surface area (Å²) >= 11 is 5.90. The highest BCUT2D eigenvalue weighted by Crippen LogP contribution is 2.25. The molecule has 142 valence electrons. The van der Waals surface area contributed by atoms with Crippen LogP contribution < -0.4 is 10.2 Å². The van der Waals surface area contributed by atoms with Crippen molar-refractivity contribution in [2.75, 3.05) is 10.2 Å². The zero-order chi connectivity index (χ0) is 20.1. The Labute approximate surface area is 166 Å². The molecule has 0 unspecified atom stereocenters. The Bertz CT molecular complexity index is 1010. The van der Waals surface area contributed by atoms with Crippen LogP contribution in [-0.2, 0) is 16.0 Å². The number of hydrogen-bond donors (Lipinski definition) is 1. The summed E-state index contributed by atoms with van der Waals surface area (Å²) in [5.74, 6) is -0.843. The van der Waals surface area contributed by atoms with Crippen LogP contribution in [0.25, 0.3) is 0 Å². The minimum Gasteiger partial charge on any atom is -0.326 e. The van der Waals surface area contributed by atoms with Gasteiger partial charge in [-0.15, -0.1) is 0 Å².